The summed E-state index contributed by atoms with van der Waals surface area (Å²) in [4.78, 5) is 41.5. The third kappa shape index (κ3) is 3.49. The summed E-state index contributed by atoms with van der Waals surface area (Å²) in [6.45, 7) is 6.91. The molecule has 3 heterocycles. The number of amides is 3. The van der Waals surface area contributed by atoms with E-state index in [4.69, 9.17) is 4.74 Å². The van der Waals surface area contributed by atoms with Gasteiger partial charge in [0.25, 0.3) is 0 Å². The Morgan fingerprint density at radius 1 is 1.00 bits per heavy atom. The van der Waals surface area contributed by atoms with E-state index in [1.165, 1.54) is 0 Å². The Balaban J connectivity index is 1.47. The first-order valence-electron chi connectivity index (χ1n) is 8.97. The zero-order chi connectivity index (χ0) is 17.3. The van der Waals surface area contributed by atoms with Gasteiger partial charge in [0.15, 0.2) is 0 Å². The molecule has 7 heteroatoms. The fourth-order valence-electron chi connectivity index (χ4n) is 4.02. The van der Waals surface area contributed by atoms with Crippen molar-refractivity contribution < 1.29 is 19.1 Å². The first kappa shape index (κ1) is 17.0. The van der Waals surface area contributed by atoms with Crippen molar-refractivity contribution in [2.45, 2.75) is 51.7 Å². The van der Waals surface area contributed by atoms with Gasteiger partial charge in [-0.3, -0.25) is 9.59 Å². The standard InChI is InChI=1S/C17H27N3O4/c1-12-11-20(17(23)24-12)15-5-9-19(10-6-15)16(22)14-3-7-18(8-4-14)13(2)21/h12,14-15H,3-11H2,1-2H3. The summed E-state index contributed by atoms with van der Waals surface area (Å²) < 4.78 is 5.20. The van der Waals surface area contributed by atoms with Crippen molar-refractivity contribution in [3.63, 3.8) is 0 Å². The second-order valence-electron chi connectivity index (χ2n) is 7.18. The number of carbonyl (C=O) groups excluding carboxylic acids is 3. The van der Waals surface area contributed by atoms with Crippen LogP contribution in [0, 0.1) is 5.92 Å². The maximum Gasteiger partial charge on any atom is 0.410 e. The smallest absolute Gasteiger partial charge is 0.410 e. The molecule has 0 radical (unpaired) electrons. The monoisotopic (exact) mass is 337 g/mol. The lowest BCUT2D eigenvalue weighted by Gasteiger charge is -2.38. The van der Waals surface area contributed by atoms with E-state index in [0.29, 0.717) is 32.7 Å². The maximum atomic E-state index is 12.7. The Morgan fingerprint density at radius 3 is 2.08 bits per heavy atom. The molecule has 3 aliphatic rings. The topological polar surface area (TPSA) is 70.2 Å². The molecule has 3 fully saturated rings. The molecule has 0 aromatic rings. The summed E-state index contributed by atoms with van der Waals surface area (Å²) in [5.41, 5.74) is 0. The second kappa shape index (κ2) is 6.99. The summed E-state index contributed by atoms with van der Waals surface area (Å²) in [7, 11) is 0. The van der Waals surface area contributed by atoms with Gasteiger partial charge in [0.2, 0.25) is 11.8 Å². The zero-order valence-corrected chi connectivity index (χ0v) is 14.6. The molecule has 7 nitrogen and oxygen atoms in total. The number of ether oxygens (including phenoxy) is 1. The normalized spacial score (nSPS) is 26.7. The molecule has 3 aliphatic heterocycles. The summed E-state index contributed by atoms with van der Waals surface area (Å²) in [6, 6.07) is 0.186. The van der Waals surface area contributed by atoms with Crippen LogP contribution in [0.2, 0.25) is 0 Å². The van der Waals surface area contributed by atoms with Crippen LogP contribution in [0.1, 0.15) is 39.5 Å². The van der Waals surface area contributed by atoms with E-state index in [1.54, 1.807) is 6.92 Å². The third-order valence-electron chi connectivity index (χ3n) is 5.50. The van der Waals surface area contributed by atoms with E-state index in [1.807, 2.05) is 21.6 Å². The minimum absolute atomic E-state index is 0.0360. The highest BCUT2D eigenvalue weighted by atomic mass is 16.6. The first-order valence-corrected chi connectivity index (χ1v) is 8.97. The van der Waals surface area contributed by atoms with Gasteiger partial charge >= 0.3 is 6.09 Å². The molecule has 0 bridgehead atoms. The molecule has 24 heavy (non-hydrogen) atoms. The van der Waals surface area contributed by atoms with Crippen molar-refractivity contribution in [2.75, 3.05) is 32.7 Å². The minimum Gasteiger partial charge on any atom is -0.444 e. The number of likely N-dealkylation sites (tertiary alicyclic amines) is 2. The Hall–Kier alpha value is -1.79. The number of piperidine rings is 2. The van der Waals surface area contributed by atoms with Gasteiger partial charge in [-0.2, -0.15) is 0 Å². The van der Waals surface area contributed by atoms with Crippen LogP contribution >= 0.6 is 0 Å². The van der Waals surface area contributed by atoms with Crippen LogP contribution in [-0.2, 0) is 14.3 Å². The maximum absolute atomic E-state index is 12.7. The molecule has 0 N–H and O–H groups in total. The van der Waals surface area contributed by atoms with Crippen LogP contribution in [0.4, 0.5) is 4.79 Å². The molecule has 134 valence electrons. The first-order chi connectivity index (χ1) is 11.5. The van der Waals surface area contributed by atoms with Gasteiger partial charge in [0, 0.05) is 45.1 Å². The molecule has 3 amide bonds. The molecule has 0 aromatic heterocycles. The summed E-state index contributed by atoms with van der Waals surface area (Å²) >= 11 is 0. The van der Waals surface area contributed by atoms with Crippen molar-refractivity contribution in [3.05, 3.63) is 0 Å². The Labute approximate surface area is 142 Å². The molecule has 1 unspecified atom stereocenters. The zero-order valence-electron chi connectivity index (χ0n) is 14.6. The number of hydrogen-bond acceptors (Lipinski definition) is 4. The molecule has 1 atom stereocenters. The molecular weight excluding hydrogens is 310 g/mol. The van der Waals surface area contributed by atoms with Crippen LogP contribution in [0.25, 0.3) is 0 Å². The van der Waals surface area contributed by atoms with E-state index in [-0.39, 0.29) is 36.0 Å². The van der Waals surface area contributed by atoms with Crippen LogP contribution in [0.5, 0.6) is 0 Å². The average Bonchev–Trinajstić information content (AvgIpc) is 2.93. The van der Waals surface area contributed by atoms with Gasteiger partial charge in [-0.25, -0.2) is 4.79 Å². The van der Waals surface area contributed by atoms with Gasteiger partial charge in [0.1, 0.15) is 6.10 Å². The van der Waals surface area contributed by atoms with Gasteiger partial charge < -0.3 is 19.4 Å². The molecule has 0 aliphatic carbocycles. The van der Waals surface area contributed by atoms with Crippen molar-refractivity contribution in [3.8, 4) is 0 Å². The molecule has 0 saturated carbocycles. The van der Waals surface area contributed by atoms with Crippen molar-refractivity contribution >= 4 is 17.9 Å². The Morgan fingerprint density at radius 2 is 1.58 bits per heavy atom. The Kier molecular flexibility index (Phi) is 4.96. The highest BCUT2D eigenvalue weighted by Crippen LogP contribution is 2.25. The highest BCUT2D eigenvalue weighted by molar-refractivity contribution is 5.80. The fourth-order valence-corrected chi connectivity index (χ4v) is 4.02. The van der Waals surface area contributed by atoms with Gasteiger partial charge in [-0.15, -0.1) is 0 Å². The van der Waals surface area contributed by atoms with Crippen molar-refractivity contribution in [1.29, 1.82) is 0 Å². The van der Waals surface area contributed by atoms with Crippen LogP contribution in [-0.4, -0.2) is 77.5 Å². The van der Waals surface area contributed by atoms with E-state index in [0.717, 1.165) is 25.7 Å². The van der Waals surface area contributed by atoms with E-state index < -0.39 is 0 Å². The van der Waals surface area contributed by atoms with Gasteiger partial charge in [-0.1, -0.05) is 0 Å². The van der Waals surface area contributed by atoms with Crippen LogP contribution < -0.4 is 0 Å². The van der Waals surface area contributed by atoms with E-state index in [9.17, 15) is 14.4 Å². The summed E-state index contributed by atoms with van der Waals surface area (Å²) in [5, 5.41) is 0. The summed E-state index contributed by atoms with van der Waals surface area (Å²) in [6.07, 6.45) is 2.90. The predicted octanol–water partition coefficient (Wildman–Crippen LogP) is 1.08. The van der Waals surface area contributed by atoms with Gasteiger partial charge in [-0.05, 0) is 32.6 Å². The quantitative estimate of drug-likeness (QED) is 0.756. The molecule has 3 rings (SSSR count). The molecule has 0 aromatic carbocycles. The van der Waals surface area contributed by atoms with E-state index in [2.05, 4.69) is 0 Å². The summed E-state index contributed by atoms with van der Waals surface area (Å²) in [5.74, 6) is 0.344. The number of hydrogen-bond donors (Lipinski definition) is 0. The predicted molar refractivity (Wildman–Crippen MR) is 87.2 cm³/mol. The Bertz CT molecular complexity index is 508. The lowest BCUT2D eigenvalue weighted by atomic mass is 9.93. The van der Waals surface area contributed by atoms with Crippen LogP contribution in [0.3, 0.4) is 0 Å². The van der Waals surface area contributed by atoms with Gasteiger partial charge in [0.05, 0.1) is 6.54 Å². The lowest BCUT2D eigenvalue weighted by Crippen LogP contribution is -2.50. The second-order valence-corrected chi connectivity index (χ2v) is 7.18. The number of carbonyl (C=O) groups is 3. The largest absolute Gasteiger partial charge is 0.444 e. The third-order valence-corrected chi connectivity index (χ3v) is 5.50. The van der Waals surface area contributed by atoms with Crippen LogP contribution in [0.15, 0.2) is 0 Å². The van der Waals surface area contributed by atoms with Crippen molar-refractivity contribution in [2.24, 2.45) is 5.92 Å². The van der Waals surface area contributed by atoms with E-state index >= 15 is 0 Å². The fraction of sp³-hybridized carbons (Fsp3) is 0.824. The number of cyclic esters (lactones) is 1. The molecular formula is C17H27N3O4. The number of rotatable bonds is 2. The molecule has 3 saturated heterocycles. The molecule has 0 spiro atoms. The SMILES string of the molecule is CC(=O)N1CCC(C(=O)N2CCC(N3CC(C)OC3=O)CC2)CC1. The minimum atomic E-state index is -0.219. The number of nitrogens with zero attached hydrogens (tertiary/aromatic N) is 3. The average molecular weight is 337 g/mol. The lowest BCUT2D eigenvalue weighted by molar-refractivity contribution is -0.141. The highest BCUT2D eigenvalue weighted by Gasteiger charge is 2.37. The van der Waals surface area contributed by atoms with Crippen molar-refractivity contribution in [1.82, 2.24) is 14.7 Å².